The zero-order valence-corrected chi connectivity index (χ0v) is 21.6. The van der Waals surface area contributed by atoms with Crippen LogP contribution in [0.2, 0.25) is 0 Å². The second-order valence-corrected chi connectivity index (χ2v) is 10.6. The molecule has 0 unspecified atom stereocenters. The molecule has 6 heteroatoms. The van der Waals surface area contributed by atoms with E-state index in [1.165, 1.54) is 0 Å². The molecule has 0 spiro atoms. The summed E-state index contributed by atoms with van der Waals surface area (Å²) in [5.74, 6) is 0. The fourth-order valence-corrected chi connectivity index (χ4v) is 6.59. The number of aromatic nitrogens is 1. The molecule has 182 valence electrons. The second kappa shape index (κ2) is 8.83. The molecule has 0 saturated carbocycles. The molecule has 2 aromatic heterocycles. The fourth-order valence-electron chi connectivity index (χ4n) is 5.53. The summed E-state index contributed by atoms with van der Waals surface area (Å²) < 4.78 is 4.29. The summed E-state index contributed by atoms with van der Waals surface area (Å²) in [5, 5.41) is 42.6. The van der Waals surface area contributed by atoms with Gasteiger partial charge in [-0.15, -0.1) is 11.3 Å². The largest absolute Gasteiger partial charge is 0.307 e. The maximum absolute atomic E-state index is 10.3. The minimum Gasteiger partial charge on any atom is -0.307 e. The Hall–Kier alpha value is -5.92. The molecule has 0 atom stereocenters. The number of benzene rings is 5. The Morgan fingerprint density at radius 1 is 0.525 bits per heavy atom. The van der Waals surface area contributed by atoms with Crippen LogP contribution in [0.1, 0.15) is 22.3 Å². The van der Waals surface area contributed by atoms with E-state index in [1.807, 2.05) is 60.7 Å². The Balaban J connectivity index is 1.58. The van der Waals surface area contributed by atoms with Gasteiger partial charge >= 0.3 is 0 Å². The van der Waals surface area contributed by atoms with Gasteiger partial charge in [0.15, 0.2) is 0 Å². The van der Waals surface area contributed by atoms with E-state index in [-0.39, 0.29) is 0 Å². The molecule has 0 fully saturated rings. The molecule has 7 aromatic rings. The van der Waals surface area contributed by atoms with Gasteiger partial charge in [-0.2, -0.15) is 21.0 Å². The molecule has 5 aromatic carbocycles. The zero-order valence-electron chi connectivity index (χ0n) is 20.8. The Morgan fingerprint density at radius 3 is 1.68 bits per heavy atom. The van der Waals surface area contributed by atoms with Crippen LogP contribution in [0.3, 0.4) is 0 Å². The Kier molecular flexibility index (Phi) is 5.13. The van der Waals surface area contributed by atoms with Gasteiger partial charge in [0.1, 0.15) is 6.07 Å². The van der Waals surface area contributed by atoms with E-state index in [9.17, 15) is 21.0 Å². The minimum absolute atomic E-state index is 0.507. The first-order chi connectivity index (χ1) is 19.6. The molecule has 7 rings (SSSR count). The molecular formula is C34H15N5S. The highest BCUT2D eigenvalue weighted by Crippen LogP contribution is 2.41. The van der Waals surface area contributed by atoms with E-state index in [0.717, 1.165) is 58.8 Å². The van der Waals surface area contributed by atoms with Crippen LogP contribution in [0.15, 0.2) is 91.0 Å². The number of hydrogen-bond acceptors (Lipinski definition) is 5. The first-order valence-corrected chi connectivity index (χ1v) is 13.2. The molecule has 0 aliphatic rings. The van der Waals surface area contributed by atoms with E-state index in [4.69, 9.17) is 0 Å². The first-order valence-electron chi connectivity index (χ1n) is 12.4. The van der Waals surface area contributed by atoms with Crippen LogP contribution < -0.4 is 0 Å². The predicted octanol–water partition coefficient (Wildman–Crippen LogP) is 8.31. The van der Waals surface area contributed by atoms with Gasteiger partial charge in [-0.05, 0) is 78.4 Å². The van der Waals surface area contributed by atoms with Gasteiger partial charge in [0.2, 0.25) is 0 Å². The highest BCUT2D eigenvalue weighted by molar-refractivity contribution is 7.25. The zero-order chi connectivity index (χ0) is 27.4. The molecule has 0 aliphatic heterocycles. The standard InChI is InChI=1S/C34H15N5S/c35-16-20-4-8-30-26(12-20)27-13-21(17-36)5-9-31(27)39(30)34-24(19-38)2-1-3-25(34)23-7-11-33-29(15-23)28-14-22(18-37)6-10-32(28)40-33/h1-15H. The maximum Gasteiger partial charge on any atom is 0.101 e. The molecule has 0 radical (unpaired) electrons. The first kappa shape index (κ1) is 23.2. The third-order valence-electron chi connectivity index (χ3n) is 7.31. The van der Waals surface area contributed by atoms with Crippen molar-refractivity contribution >= 4 is 53.3 Å². The SMILES string of the molecule is N#Cc1ccc2sc3ccc(-c4cccc(C#N)c4-n4c5ccc(C#N)cc5c5cc(C#N)ccc54)cc3c2c1. The highest BCUT2D eigenvalue weighted by Gasteiger charge is 2.20. The van der Waals surface area contributed by atoms with Crippen LogP contribution in [0.25, 0.3) is 58.8 Å². The molecule has 0 bridgehead atoms. The Labute approximate surface area is 232 Å². The van der Waals surface area contributed by atoms with Gasteiger partial charge in [0, 0.05) is 36.5 Å². The van der Waals surface area contributed by atoms with Crippen LogP contribution in [0.5, 0.6) is 0 Å². The summed E-state index contributed by atoms with van der Waals surface area (Å²) in [4.78, 5) is 0. The quantitative estimate of drug-likeness (QED) is 0.226. The number of rotatable bonds is 2. The molecule has 40 heavy (non-hydrogen) atoms. The van der Waals surface area contributed by atoms with Gasteiger partial charge in [0.25, 0.3) is 0 Å². The van der Waals surface area contributed by atoms with Crippen molar-refractivity contribution in [2.24, 2.45) is 0 Å². The fraction of sp³-hybridized carbons (Fsp3) is 0. The highest BCUT2D eigenvalue weighted by atomic mass is 32.1. The van der Waals surface area contributed by atoms with E-state index in [0.29, 0.717) is 22.3 Å². The number of thiophene rings is 1. The molecule has 5 nitrogen and oxygen atoms in total. The smallest absolute Gasteiger partial charge is 0.101 e. The van der Waals surface area contributed by atoms with Crippen molar-refractivity contribution in [3.05, 3.63) is 113 Å². The number of nitrogens with zero attached hydrogens (tertiary/aromatic N) is 5. The minimum atomic E-state index is 0.507. The number of fused-ring (bicyclic) bond motifs is 6. The summed E-state index contributed by atoms with van der Waals surface area (Å²) in [6.07, 6.45) is 0. The lowest BCUT2D eigenvalue weighted by Crippen LogP contribution is -2.01. The normalized spacial score (nSPS) is 10.9. The number of hydrogen-bond donors (Lipinski definition) is 0. The van der Waals surface area contributed by atoms with Crippen LogP contribution in [0.4, 0.5) is 0 Å². The van der Waals surface area contributed by atoms with Crippen molar-refractivity contribution < 1.29 is 0 Å². The molecule has 2 heterocycles. The van der Waals surface area contributed by atoms with Crippen molar-refractivity contribution in [3.63, 3.8) is 0 Å². The van der Waals surface area contributed by atoms with Gasteiger partial charge in [0.05, 0.1) is 57.2 Å². The number of nitriles is 4. The third-order valence-corrected chi connectivity index (χ3v) is 8.46. The van der Waals surface area contributed by atoms with Gasteiger partial charge in [-0.3, -0.25) is 0 Å². The average Bonchev–Trinajstić information content (AvgIpc) is 3.54. The molecule has 0 aliphatic carbocycles. The summed E-state index contributed by atoms with van der Waals surface area (Å²) in [5.41, 5.74) is 6.40. The van der Waals surface area contributed by atoms with Crippen molar-refractivity contribution in [2.45, 2.75) is 0 Å². The van der Waals surface area contributed by atoms with Gasteiger partial charge < -0.3 is 4.57 Å². The van der Waals surface area contributed by atoms with Gasteiger partial charge in [-0.25, -0.2) is 0 Å². The lowest BCUT2D eigenvalue weighted by Gasteiger charge is -2.16. The van der Waals surface area contributed by atoms with Crippen molar-refractivity contribution in [1.29, 1.82) is 21.0 Å². The lowest BCUT2D eigenvalue weighted by molar-refractivity contribution is 1.17. The van der Waals surface area contributed by atoms with Crippen molar-refractivity contribution in [1.82, 2.24) is 4.57 Å². The predicted molar refractivity (Wildman–Crippen MR) is 158 cm³/mol. The molecule has 0 amide bonds. The molecular weight excluding hydrogens is 510 g/mol. The lowest BCUT2D eigenvalue weighted by atomic mass is 9.98. The Bertz CT molecular complexity index is 2310. The third kappa shape index (κ3) is 3.36. The van der Waals surface area contributed by atoms with Crippen LogP contribution in [0, 0.1) is 45.3 Å². The topological polar surface area (TPSA) is 100 Å². The molecule has 0 N–H and O–H groups in total. The summed E-state index contributed by atoms with van der Waals surface area (Å²) in [7, 11) is 0. The van der Waals surface area contributed by atoms with E-state index in [2.05, 4.69) is 47.0 Å². The summed E-state index contributed by atoms with van der Waals surface area (Å²) >= 11 is 1.69. The monoisotopic (exact) mass is 525 g/mol. The van der Waals surface area contributed by atoms with Crippen molar-refractivity contribution in [3.8, 4) is 41.1 Å². The van der Waals surface area contributed by atoms with Crippen molar-refractivity contribution in [2.75, 3.05) is 0 Å². The van der Waals surface area contributed by atoms with Crippen LogP contribution in [-0.4, -0.2) is 4.57 Å². The van der Waals surface area contributed by atoms with Crippen LogP contribution in [-0.2, 0) is 0 Å². The van der Waals surface area contributed by atoms with E-state index in [1.54, 1.807) is 23.5 Å². The number of para-hydroxylation sites is 1. The molecule has 0 saturated heterocycles. The van der Waals surface area contributed by atoms with Gasteiger partial charge in [-0.1, -0.05) is 18.2 Å². The maximum atomic E-state index is 10.3. The summed E-state index contributed by atoms with van der Waals surface area (Å²) in [6.45, 7) is 0. The second-order valence-electron chi connectivity index (χ2n) is 9.47. The van der Waals surface area contributed by atoms with E-state index < -0.39 is 0 Å². The van der Waals surface area contributed by atoms with Crippen LogP contribution >= 0.6 is 11.3 Å². The Morgan fingerprint density at radius 2 is 1.07 bits per heavy atom. The average molecular weight is 526 g/mol. The summed E-state index contributed by atoms with van der Waals surface area (Å²) in [6, 6.07) is 37.8. The van der Waals surface area contributed by atoms with E-state index >= 15 is 0 Å².